The monoisotopic (exact) mass is 874 g/mol. The maximum Gasteiger partial charge on any atom is 0.328 e. The van der Waals surface area contributed by atoms with Crippen LogP contribution in [0.5, 0.6) is 5.75 Å². The minimum Gasteiger partial charge on any atom is -0.495 e. The lowest BCUT2D eigenvalue weighted by Gasteiger charge is -2.39. The second kappa shape index (κ2) is 17.2. The summed E-state index contributed by atoms with van der Waals surface area (Å²) in [7, 11) is 1.55. The Labute approximate surface area is 371 Å². The number of halogens is 2. The average molecular weight is 875 g/mol. The Hall–Kier alpha value is -6.03. The highest BCUT2D eigenvalue weighted by molar-refractivity contribution is 6.06. The van der Waals surface area contributed by atoms with E-state index in [-0.39, 0.29) is 29.5 Å². The predicted octanol–water partition coefficient (Wildman–Crippen LogP) is 7.44. The molecule has 16 heteroatoms. The molecule has 0 bridgehead atoms. The van der Waals surface area contributed by atoms with Crippen LogP contribution in [0.25, 0.3) is 16.8 Å². The van der Waals surface area contributed by atoms with Gasteiger partial charge in [0.2, 0.25) is 11.8 Å². The number of carbonyl (C=O) groups is 3. The van der Waals surface area contributed by atoms with E-state index in [1.165, 1.54) is 0 Å². The molecule has 3 fully saturated rings. The Morgan fingerprint density at radius 1 is 0.906 bits per heavy atom. The summed E-state index contributed by atoms with van der Waals surface area (Å²) in [5.41, 5.74) is 8.56. The number of alkyl halides is 2. The van der Waals surface area contributed by atoms with Crippen LogP contribution in [-0.2, 0) is 29.0 Å². The van der Waals surface area contributed by atoms with Crippen molar-refractivity contribution >= 4 is 46.4 Å². The van der Waals surface area contributed by atoms with E-state index >= 15 is 8.78 Å². The Morgan fingerprint density at radius 2 is 1.70 bits per heavy atom. The number of fused-ring (bicyclic) bond motifs is 3. The molecule has 336 valence electrons. The second-order valence-corrected chi connectivity index (χ2v) is 18.1. The van der Waals surface area contributed by atoms with Gasteiger partial charge in [-0.3, -0.25) is 24.5 Å². The molecule has 8 heterocycles. The summed E-state index contributed by atoms with van der Waals surface area (Å²) in [5.74, 6) is 1.64. The smallest absolute Gasteiger partial charge is 0.328 e. The molecule has 0 spiro atoms. The number of imidazole rings is 1. The first-order chi connectivity index (χ1) is 31.0. The molecule has 0 saturated carbocycles. The van der Waals surface area contributed by atoms with Crippen molar-refractivity contribution in [3.8, 4) is 16.9 Å². The zero-order valence-electron chi connectivity index (χ0n) is 36.9. The van der Waals surface area contributed by atoms with Gasteiger partial charge in [0.1, 0.15) is 11.4 Å². The SMILES string of the molecule is COc1cn2ccnc2cc1-c1cc2c(cc1C(F)F)N(c1nn(C3CCN(CC4CCN(c5cccc(N6CCC(=O)NC6=O)c5C)CC4)CC3)c3c1CN(C(C)=O)CC3)CCC2. The molecule has 64 heavy (non-hydrogen) atoms. The molecule has 0 unspecified atom stereocenters. The first-order valence-electron chi connectivity index (χ1n) is 22.8. The lowest BCUT2D eigenvalue weighted by molar-refractivity contribution is -0.129. The van der Waals surface area contributed by atoms with Crippen molar-refractivity contribution in [1.29, 1.82) is 0 Å². The third-order valence-electron chi connectivity index (χ3n) is 14.4. The largest absolute Gasteiger partial charge is 0.495 e. The molecule has 14 nitrogen and oxygen atoms in total. The van der Waals surface area contributed by atoms with E-state index in [0.717, 1.165) is 117 Å². The fourth-order valence-corrected chi connectivity index (χ4v) is 10.9. The number of carbonyl (C=O) groups excluding carboxylic acids is 3. The lowest BCUT2D eigenvalue weighted by Crippen LogP contribution is -2.50. The van der Waals surface area contributed by atoms with Crippen molar-refractivity contribution in [2.45, 2.75) is 84.2 Å². The van der Waals surface area contributed by atoms with Crippen LogP contribution in [0.4, 0.5) is 36.5 Å². The molecule has 2 aromatic carbocycles. The zero-order valence-corrected chi connectivity index (χ0v) is 36.9. The third-order valence-corrected chi connectivity index (χ3v) is 14.4. The number of urea groups is 1. The van der Waals surface area contributed by atoms with E-state index < -0.39 is 6.43 Å². The van der Waals surface area contributed by atoms with Crippen molar-refractivity contribution in [2.24, 2.45) is 5.92 Å². The van der Waals surface area contributed by atoms with Crippen LogP contribution in [-0.4, -0.2) is 106 Å². The number of piperidine rings is 2. The maximum atomic E-state index is 15.2. The number of aryl methyl sites for hydroxylation is 1. The van der Waals surface area contributed by atoms with Gasteiger partial charge in [0.25, 0.3) is 6.43 Å². The summed E-state index contributed by atoms with van der Waals surface area (Å²) in [4.78, 5) is 52.3. The molecule has 3 saturated heterocycles. The van der Waals surface area contributed by atoms with Crippen LogP contribution >= 0.6 is 0 Å². The van der Waals surface area contributed by atoms with Crippen molar-refractivity contribution in [1.82, 2.24) is 34.3 Å². The minimum absolute atomic E-state index is 0.0180. The summed E-state index contributed by atoms with van der Waals surface area (Å²) >= 11 is 0. The Bertz CT molecular complexity index is 2610. The van der Waals surface area contributed by atoms with Crippen LogP contribution < -0.4 is 24.8 Å². The molecular weight excluding hydrogens is 819 g/mol. The number of methoxy groups -OCH3 is 1. The summed E-state index contributed by atoms with van der Waals surface area (Å²) in [6, 6.07) is 11.3. The molecule has 0 aliphatic carbocycles. The Balaban J connectivity index is 0.852. The van der Waals surface area contributed by atoms with E-state index in [1.54, 1.807) is 43.6 Å². The van der Waals surface area contributed by atoms with E-state index in [0.29, 0.717) is 67.5 Å². The summed E-state index contributed by atoms with van der Waals surface area (Å²) in [5, 5.41) is 7.84. The number of nitrogens with one attached hydrogen (secondary N) is 1. The van der Waals surface area contributed by atoms with Crippen LogP contribution in [0.1, 0.15) is 85.9 Å². The number of likely N-dealkylation sites (tertiary alicyclic amines) is 1. The Morgan fingerprint density at radius 3 is 2.45 bits per heavy atom. The van der Waals surface area contributed by atoms with E-state index in [9.17, 15) is 14.4 Å². The molecule has 5 aliphatic rings. The number of hydrogen-bond acceptors (Lipinski definition) is 9. The number of imide groups is 1. The number of benzene rings is 2. The van der Waals surface area contributed by atoms with Crippen molar-refractivity contribution in [2.75, 3.05) is 74.2 Å². The number of anilines is 4. The van der Waals surface area contributed by atoms with E-state index in [4.69, 9.17) is 9.84 Å². The first kappa shape index (κ1) is 42.0. The van der Waals surface area contributed by atoms with Gasteiger partial charge in [0, 0.05) is 118 Å². The van der Waals surface area contributed by atoms with Crippen LogP contribution in [0.3, 0.4) is 0 Å². The average Bonchev–Trinajstić information content (AvgIpc) is 3.93. The van der Waals surface area contributed by atoms with Crippen LogP contribution in [0.2, 0.25) is 0 Å². The third kappa shape index (κ3) is 7.72. The topological polar surface area (TPSA) is 124 Å². The summed E-state index contributed by atoms with van der Waals surface area (Å²) in [6.07, 6.45) is 9.20. The fraction of sp³-hybridized carbons (Fsp3) is 0.479. The molecule has 0 atom stereocenters. The zero-order chi connectivity index (χ0) is 44.2. The van der Waals surface area contributed by atoms with Gasteiger partial charge in [-0.05, 0) is 98.4 Å². The fourth-order valence-electron chi connectivity index (χ4n) is 10.9. The predicted molar refractivity (Wildman–Crippen MR) is 241 cm³/mol. The van der Waals surface area contributed by atoms with Gasteiger partial charge in [-0.15, -0.1) is 0 Å². The van der Waals surface area contributed by atoms with E-state index in [1.807, 2.05) is 33.6 Å². The van der Waals surface area contributed by atoms with Crippen LogP contribution in [0, 0.1) is 12.8 Å². The molecule has 10 rings (SSSR count). The van der Waals surface area contributed by atoms with Crippen molar-refractivity contribution in [3.63, 3.8) is 0 Å². The van der Waals surface area contributed by atoms with Gasteiger partial charge in [0.05, 0.1) is 31.6 Å². The minimum atomic E-state index is -2.73. The molecule has 3 aromatic heterocycles. The molecule has 5 aromatic rings. The van der Waals surface area contributed by atoms with Gasteiger partial charge in [0.15, 0.2) is 5.82 Å². The first-order valence-corrected chi connectivity index (χ1v) is 22.8. The van der Waals surface area contributed by atoms with Crippen molar-refractivity contribution < 1.29 is 27.9 Å². The van der Waals surface area contributed by atoms with E-state index in [2.05, 4.69) is 42.7 Å². The maximum absolute atomic E-state index is 15.2. The number of nitrogens with zero attached hydrogens (tertiary/aromatic N) is 9. The molecule has 4 amide bonds. The number of amides is 4. The lowest BCUT2D eigenvalue weighted by atomic mass is 9.91. The number of pyridine rings is 1. The number of rotatable bonds is 9. The highest BCUT2D eigenvalue weighted by atomic mass is 19.3. The number of aromatic nitrogens is 4. The Kier molecular flexibility index (Phi) is 11.3. The second-order valence-electron chi connectivity index (χ2n) is 18.1. The van der Waals surface area contributed by atoms with Gasteiger partial charge in [-0.25, -0.2) is 18.6 Å². The van der Waals surface area contributed by atoms with Crippen LogP contribution in [0.15, 0.2) is 55.0 Å². The number of ether oxygens (including phenoxy) is 1. The summed E-state index contributed by atoms with van der Waals surface area (Å²) in [6.45, 7) is 10.7. The molecule has 1 N–H and O–H groups in total. The highest BCUT2D eigenvalue weighted by Gasteiger charge is 2.36. The standard InChI is InChI=1S/C48H56F2N10O4/c1-30-39(7-4-8-40(30)59-22-14-45(62)52-48(59)63)55-19-9-32(10-20-55)27-54-17-11-34(12-18-54)60-41-13-21-56(31(2)61)28-38(41)47(53-60)58-16-5-6-33-24-35(37(46(49)50)25-42(33)58)36-26-44-51-15-23-57(44)29-43(36)64-3/h4,7-8,15,23-26,29,32,34,46H,5-6,9-14,16-22,27-28H2,1-3H3,(H,52,62,63). The highest BCUT2D eigenvalue weighted by Crippen LogP contribution is 2.46. The van der Waals surface area contributed by atoms with Gasteiger partial charge >= 0.3 is 6.03 Å². The number of hydrogen-bond donors (Lipinski definition) is 1. The summed E-state index contributed by atoms with van der Waals surface area (Å²) < 4.78 is 40.1. The molecular formula is C48H56F2N10O4. The van der Waals surface area contributed by atoms with Gasteiger partial charge in [-0.1, -0.05) is 6.07 Å². The molecule has 5 aliphatic heterocycles. The quantitative estimate of drug-likeness (QED) is 0.161. The molecule has 0 radical (unpaired) electrons. The van der Waals surface area contributed by atoms with Gasteiger partial charge < -0.3 is 28.7 Å². The van der Waals surface area contributed by atoms with Gasteiger partial charge in [-0.2, -0.15) is 5.10 Å². The normalized spacial score (nSPS) is 19.1. The van der Waals surface area contributed by atoms with Crippen molar-refractivity contribution in [3.05, 3.63) is 82.9 Å².